The lowest BCUT2D eigenvalue weighted by molar-refractivity contribution is -0.308. The van der Waals surface area contributed by atoms with Gasteiger partial charge in [0.1, 0.15) is 18.3 Å². The second kappa shape index (κ2) is 10.2. The molecule has 31 heavy (non-hydrogen) atoms. The fraction of sp³-hybridized carbons (Fsp3) is 1.00. The molecule has 0 aromatic heterocycles. The third-order valence-electron chi connectivity index (χ3n) is 3.86. The minimum Gasteiger partial charge on any atom is -0.409 e. The van der Waals surface area contributed by atoms with Crippen LogP contribution in [-0.4, -0.2) is 72.5 Å². The molecular weight excluding hydrogens is 477 g/mol. The molecule has 6 nitrogen and oxygen atoms in total. The monoisotopic (exact) mass is 526 g/mol. The van der Waals surface area contributed by atoms with E-state index in [0.717, 1.165) is 0 Å². The molecular formula is C20H50O6Si5. The van der Waals surface area contributed by atoms with Crippen molar-refractivity contribution >= 4 is 41.6 Å². The number of hydrogen-bond acceptors (Lipinski definition) is 6. The van der Waals surface area contributed by atoms with Crippen molar-refractivity contribution in [1.82, 2.24) is 0 Å². The van der Waals surface area contributed by atoms with Gasteiger partial charge in [-0.1, -0.05) is 0 Å². The van der Waals surface area contributed by atoms with Crippen molar-refractivity contribution in [2.75, 3.05) is 0 Å². The lowest BCUT2D eigenvalue weighted by atomic mass is 10.0. The highest BCUT2D eigenvalue weighted by Crippen LogP contribution is 2.36. The van der Waals surface area contributed by atoms with Crippen molar-refractivity contribution in [3.05, 3.63) is 0 Å². The van der Waals surface area contributed by atoms with E-state index >= 15 is 0 Å². The van der Waals surface area contributed by atoms with Crippen molar-refractivity contribution in [3.8, 4) is 0 Å². The Hall–Kier alpha value is 0.844. The molecule has 0 bridgehead atoms. The van der Waals surface area contributed by atoms with Crippen molar-refractivity contribution < 1.29 is 26.9 Å². The van der Waals surface area contributed by atoms with Crippen molar-refractivity contribution in [1.29, 1.82) is 0 Å². The van der Waals surface area contributed by atoms with Crippen LogP contribution in [0.1, 0.15) is 0 Å². The molecule has 5 atom stereocenters. The topological polar surface area (TPSA) is 55.4 Å². The molecule has 1 unspecified atom stereocenters. The summed E-state index contributed by atoms with van der Waals surface area (Å²) in [6.07, 6.45) is -2.02. The molecule has 0 spiro atoms. The summed E-state index contributed by atoms with van der Waals surface area (Å²) in [7, 11) is -9.61. The van der Waals surface area contributed by atoms with E-state index in [2.05, 4.69) is 98.2 Å². The number of ether oxygens (including phenoxy) is 1. The van der Waals surface area contributed by atoms with Gasteiger partial charge in [-0.25, -0.2) is 0 Å². The highest BCUT2D eigenvalue weighted by Gasteiger charge is 2.53. The lowest BCUT2D eigenvalue weighted by Gasteiger charge is -2.52. The molecule has 1 saturated heterocycles. The fourth-order valence-corrected chi connectivity index (χ4v) is 8.26. The van der Waals surface area contributed by atoms with E-state index < -0.39 is 54.2 Å². The van der Waals surface area contributed by atoms with E-state index in [1.165, 1.54) is 0 Å². The lowest BCUT2D eigenvalue weighted by Crippen LogP contribution is -2.67. The van der Waals surface area contributed by atoms with Gasteiger partial charge >= 0.3 is 0 Å². The molecule has 1 aliphatic rings. The second-order valence-corrected chi connectivity index (χ2v) is 35.7. The fourth-order valence-electron chi connectivity index (χ4n) is 3.27. The molecule has 1 heterocycles. The summed E-state index contributed by atoms with van der Waals surface area (Å²) in [5, 5.41) is 0. The first kappa shape index (κ1) is 29.9. The Morgan fingerprint density at radius 3 is 0.806 bits per heavy atom. The summed E-state index contributed by atoms with van der Waals surface area (Å²) >= 11 is 0. The van der Waals surface area contributed by atoms with Crippen LogP contribution in [0, 0.1) is 0 Å². The van der Waals surface area contributed by atoms with Gasteiger partial charge < -0.3 is 26.9 Å². The SMILES string of the molecule is C[Si](C)(C)OC1[C@@H](O[Si](C)(C)C)[C@@H](O[Si](C)(C)C)O[C@H](O[Si](C)(C)C)[C@H]1O[Si](C)(C)C. The van der Waals surface area contributed by atoms with Crippen molar-refractivity contribution in [2.45, 2.75) is 129 Å². The van der Waals surface area contributed by atoms with Gasteiger partial charge in [0.2, 0.25) is 0 Å². The molecule has 0 N–H and O–H groups in total. The first-order valence-corrected chi connectivity index (χ1v) is 28.5. The van der Waals surface area contributed by atoms with Crippen LogP contribution >= 0.6 is 0 Å². The van der Waals surface area contributed by atoms with Crippen LogP contribution in [0.15, 0.2) is 0 Å². The van der Waals surface area contributed by atoms with Gasteiger partial charge in [-0.2, -0.15) is 0 Å². The molecule has 1 aliphatic heterocycles. The smallest absolute Gasteiger partial charge is 0.187 e. The Bertz CT molecular complexity index is 529. The summed E-state index contributed by atoms with van der Waals surface area (Å²) in [4.78, 5) is 0. The largest absolute Gasteiger partial charge is 0.409 e. The van der Waals surface area contributed by atoms with Crippen LogP contribution in [0.25, 0.3) is 0 Å². The molecule has 186 valence electrons. The van der Waals surface area contributed by atoms with Crippen LogP contribution in [0.5, 0.6) is 0 Å². The van der Waals surface area contributed by atoms with Crippen LogP contribution < -0.4 is 0 Å². The second-order valence-electron chi connectivity index (χ2n) is 13.4. The van der Waals surface area contributed by atoms with E-state index in [0.29, 0.717) is 0 Å². The van der Waals surface area contributed by atoms with Crippen LogP contribution in [0.2, 0.25) is 98.2 Å². The van der Waals surface area contributed by atoms with E-state index in [4.69, 9.17) is 26.9 Å². The summed E-state index contributed by atoms with van der Waals surface area (Å²) < 4.78 is 39.9. The summed E-state index contributed by atoms with van der Waals surface area (Å²) in [5.74, 6) is 0. The third-order valence-corrected chi connectivity index (χ3v) is 8.68. The van der Waals surface area contributed by atoms with Gasteiger partial charge in [0.25, 0.3) is 0 Å². The van der Waals surface area contributed by atoms with Gasteiger partial charge in [0.05, 0.1) is 0 Å². The van der Waals surface area contributed by atoms with E-state index in [1.54, 1.807) is 0 Å². The highest BCUT2D eigenvalue weighted by molar-refractivity contribution is 6.71. The maximum absolute atomic E-state index is 6.81. The molecule has 0 amide bonds. The zero-order valence-corrected chi connectivity index (χ0v) is 27.8. The Morgan fingerprint density at radius 1 is 0.355 bits per heavy atom. The molecule has 1 fully saturated rings. The van der Waals surface area contributed by atoms with Crippen LogP contribution in [0.4, 0.5) is 0 Å². The van der Waals surface area contributed by atoms with Gasteiger partial charge in [-0.05, 0) is 98.2 Å². The first-order valence-electron chi connectivity index (χ1n) is 11.5. The van der Waals surface area contributed by atoms with Crippen molar-refractivity contribution in [3.63, 3.8) is 0 Å². The highest BCUT2D eigenvalue weighted by atomic mass is 28.4. The minimum atomic E-state index is -1.93. The predicted molar refractivity (Wildman–Crippen MR) is 142 cm³/mol. The molecule has 0 aromatic carbocycles. The van der Waals surface area contributed by atoms with Gasteiger partial charge in [0, 0.05) is 0 Å². The summed E-state index contributed by atoms with van der Waals surface area (Å²) in [6, 6.07) is 0. The molecule has 0 saturated carbocycles. The quantitative estimate of drug-likeness (QED) is 0.324. The van der Waals surface area contributed by atoms with Crippen LogP contribution in [0.3, 0.4) is 0 Å². The normalized spacial score (nSPS) is 29.3. The average Bonchev–Trinajstić information content (AvgIpc) is 2.39. The maximum atomic E-state index is 6.81. The molecule has 1 rings (SSSR count). The predicted octanol–water partition coefficient (Wildman–Crippen LogP) is 6.03. The summed E-state index contributed by atoms with van der Waals surface area (Å²) in [5.41, 5.74) is 0. The zero-order chi connectivity index (χ0) is 24.6. The molecule has 11 heteroatoms. The Morgan fingerprint density at radius 2 is 0.581 bits per heavy atom. The van der Waals surface area contributed by atoms with Gasteiger partial charge in [-0.3, -0.25) is 0 Å². The number of rotatable bonds is 10. The van der Waals surface area contributed by atoms with E-state index in [1.807, 2.05) is 0 Å². The third kappa shape index (κ3) is 12.2. The Labute approximate surface area is 197 Å². The van der Waals surface area contributed by atoms with E-state index in [9.17, 15) is 0 Å². The number of hydrogen-bond donors (Lipinski definition) is 0. The van der Waals surface area contributed by atoms with Gasteiger partial charge in [-0.15, -0.1) is 0 Å². The van der Waals surface area contributed by atoms with Gasteiger partial charge in [0.15, 0.2) is 54.2 Å². The minimum absolute atomic E-state index is 0.290. The Balaban J connectivity index is 3.54. The molecule has 0 aromatic rings. The van der Waals surface area contributed by atoms with Crippen LogP contribution in [-0.2, 0) is 26.9 Å². The maximum Gasteiger partial charge on any atom is 0.187 e. The molecule has 0 radical (unpaired) electrons. The average molecular weight is 527 g/mol. The summed E-state index contributed by atoms with van der Waals surface area (Å²) in [6.45, 7) is 32.9. The first-order chi connectivity index (χ1) is 13.5. The zero-order valence-electron chi connectivity index (χ0n) is 22.8. The standard InChI is InChI=1S/C20H50O6Si5/c1-27(2,3)22-16-17(23-28(4,5)6)19(25-30(10,11)12)21-20(26-31(13,14)15)18(16)24-29(7,8)9/h16-20H,1-15H3/t16?,17-,18+,19-,20-/m1/s1. The van der Waals surface area contributed by atoms with Crippen molar-refractivity contribution in [2.24, 2.45) is 0 Å². The van der Waals surface area contributed by atoms with E-state index in [-0.39, 0.29) is 18.3 Å². The molecule has 0 aliphatic carbocycles. The Kier molecular flexibility index (Phi) is 9.85.